The molecule has 5 heteroatoms. The Bertz CT molecular complexity index is 347. The predicted molar refractivity (Wildman–Crippen MR) is 53.8 cm³/mol. The molecule has 0 bridgehead atoms. The number of alkyl halides is 3. The molecule has 0 N–H and O–H groups in total. The molecular weight excluding hydrogens is 227 g/mol. The Kier molecular flexibility index (Phi) is 3.62. The third kappa shape index (κ3) is 3.39. The average molecular weight is 238 g/mol. The lowest BCUT2D eigenvalue weighted by molar-refractivity contribution is -0.137. The molecule has 1 nitrogen and oxygen atoms in total. The van der Waals surface area contributed by atoms with Crippen molar-refractivity contribution in [2.75, 3.05) is 14.1 Å². The van der Waals surface area contributed by atoms with Crippen molar-refractivity contribution >= 4 is 11.6 Å². The summed E-state index contributed by atoms with van der Waals surface area (Å²) in [5, 5.41) is -0.259. The van der Waals surface area contributed by atoms with Gasteiger partial charge in [0, 0.05) is 6.54 Å². The Balaban J connectivity index is 3.06. The lowest BCUT2D eigenvalue weighted by Gasteiger charge is -2.13. The van der Waals surface area contributed by atoms with E-state index in [0.29, 0.717) is 12.1 Å². The van der Waals surface area contributed by atoms with Gasteiger partial charge in [-0.2, -0.15) is 13.2 Å². The van der Waals surface area contributed by atoms with Gasteiger partial charge < -0.3 is 4.90 Å². The highest BCUT2D eigenvalue weighted by atomic mass is 35.5. The summed E-state index contributed by atoms with van der Waals surface area (Å²) < 4.78 is 37.4. The minimum atomic E-state index is -4.39. The topological polar surface area (TPSA) is 3.24 Å². The normalized spacial score (nSPS) is 12.2. The van der Waals surface area contributed by atoms with Crippen molar-refractivity contribution in [3.63, 3.8) is 0 Å². The van der Waals surface area contributed by atoms with Crippen molar-refractivity contribution in [3.8, 4) is 0 Å². The predicted octanol–water partition coefficient (Wildman–Crippen LogP) is 3.42. The summed E-state index contributed by atoms with van der Waals surface area (Å²) in [6.07, 6.45) is -4.39. The number of benzene rings is 1. The van der Waals surface area contributed by atoms with E-state index in [1.165, 1.54) is 6.07 Å². The summed E-state index contributed by atoms with van der Waals surface area (Å²) in [6, 6.07) is 3.96. The number of hydrogen-bond acceptors (Lipinski definition) is 1. The number of halogens is 4. The minimum absolute atomic E-state index is 0.259. The Labute approximate surface area is 91.5 Å². The van der Waals surface area contributed by atoms with E-state index >= 15 is 0 Å². The molecular formula is C10H11ClF3N. The van der Waals surface area contributed by atoms with Crippen molar-refractivity contribution in [3.05, 3.63) is 34.3 Å². The fourth-order valence-electron chi connectivity index (χ4n) is 1.25. The third-order valence-electron chi connectivity index (χ3n) is 1.83. The van der Waals surface area contributed by atoms with E-state index in [1.807, 2.05) is 0 Å². The third-order valence-corrected chi connectivity index (χ3v) is 2.16. The first kappa shape index (κ1) is 12.3. The quantitative estimate of drug-likeness (QED) is 0.762. The van der Waals surface area contributed by atoms with Crippen molar-refractivity contribution in [1.82, 2.24) is 4.90 Å². The monoisotopic (exact) mass is 237 g/mol. The first-order chi connectivity index (χ1) is 6.80. The van der Waals surface area contributed by atoms with E-state index in [1.54, 1.807) is 25.1 Å². The summed E-state index contributed by atoms with van der Waals surface area (Å²) in [6.45, 7) is 0.459. The largest absolute Gasteiger partial charge is 0.417 e. The van der Waals surface area contributed by atoms with Crippen LogP contribution >= 0.6 is 11.6 Å². The lowest BCUT2D eigenvalue weighted by atomic mass is 10.1. The van der Waals surface area contributed by atoms with Gasteiger partial charge in [0.2, 0.25) is 0 Å². The van der Waals surface area contributed by atoms with E-state index in [9.17, 15) is 13.2 Å². The van der Waals surface area contributed by atoms with Crippen LogP contribution in [0, 0.1) is 0 Å². The molecule has 0 radical (unpaired) electrons. The molecule has 0 saturated carbocycles. The highest BCUT2D eigenvalue weighted by Gasteiger charge is 2.33. The first-order valence-electron chi connectivity index (χ1n) is 4.31. The molecule has 0 aliphatic heterocycles. The van der Waals surface area contributed by atoms with Crippen LogP contribution in [0.4, 0.5) is 13.2 Å². The van der Waals surface area contributed by atoms with Crippen LogP contribution in [-0.2, 0) is 12.7 Å². The standard InChI is InChI=1S/C10H11ClF3N/c1-15(2)6-7-3-4-9(11)8(5-7)10(12,13)14/h3-5H,6H2,1-2H3. The molecule has 0 fully saturated rings. The molecule has 0 spiro atoms. The number of hydrogen-bond donors (Lipinski definition) is 0. The van der Waals surface area contributed by atoms with Crippen molar-refractivity contribution in [2.24, 2.45) is 0 Å². The molecule has 0 aliphatic carbocycles. The van der Waals surface area contributed by atoms with Crippen molar-refractivity contribution in [1.29, 1.82) is 0 Å². The van der Waals surface area contributed by atoms with E-state index in [0.717, 1.165) is 6.07 Å². The maximum Gasteiger partial charge on any atom is 0.417 e. The fraction of sp³-hybridized carbons (Fsp3) is 0.400. The van der Waals surface area contributed by atoms with Gasteiger partial charge in [0.05, 0.1) is 10.6 Å². The van der Waals surface area contributed by atoms with Crippen LogP contribution in [0.3, 0.4) is 0 Å². The van der Waals surface area contributed by atoms with Gasteiger partial charge in [-0.25, -0.2) is 0 Å². The summed E-state index contributed by atoms with van der Waals surface area (Å²) >= 11 is 5.48. The maximum atomic E-state index is 12.5. The molecule has 0 amide bonds. The van der Waals surface area contributed by atoms with Gasteiger partial charge in [-0.15, -0.1) is 0 Å². The molecule has 84 valence electrons. The van der Waals surface area contributed by atoms with Gasteiger partial charge >= 0.3 is 6.18 Å². The summed E-state index contributed by atoms with van der Waals surface area (Å²) in [4.78, 5) is 1.80. The second kappa shape index (κ2) is 4.41. The van der Waals surface area contributed by atoms with E-state index in [4.69, 9.17) is 11.6 Å². The molecule has 0 atom stereocenters. The van der Waals surface area contributed by atoms with Gasteiger partial charge in [0.1, 0.15) is 0 Å². The molecule has 0 saturated heterocycles. The van der Waals surface area contributed by atoms with Gasteiger partial charge in [0.25, 0.3) is 0 Å². The zero-order valence-corrected chi connectivity index (χ0v) is 9.15. The summed E-state index contributed by atoms with van der Waals surface area (Å²) in [5.74, 6) is 0. The fourth-order valence-corrected chi connectivity index (χ4v) is 1.48. The SMILES string of the molecule is CN(C)Cc1ccc(Cl)c(C(F)(F)F)c1. The van der Waals surface area contributed by atoms with Crippen LogP contribution in [0.1, 0.15) is 11.1 Å². The average Bonchev–Trinajstić information content (AvgIpc) is 2.05. The number of nitrogens with zero attached hydrogens (tertiary/aromatic N) is 1. The molecule has 15 heavy (non-hydrogen) atoms. The van der Waals surface area contributed by atoms with E-state index < -0.39 is 11.7 Å². The molecule has 1 aromatic rings. The van der Waals surface area contributed by atoms with Crippen LogP contribution < -0.4 is 0 Å². The van der Waals surface area contributed by atoms with Crippen LogP contribution in [0.2, 0.25) is 5.02 Å². The number of rotatable bonds is 2. The van der Waals surface area contributed by atoms with Gasteiger partial charge in [0.15, 0.2) is 0 Å². The van der Waals surface area contributed by atoms with Gasteiger partial charge in [-0.3, -0.25) is 0 Å². The van der Waals surface area contributed by atoms with Crippen molar-refractivity contribution < 1.29 is 13.2 Å². The summed E-state index contributed by atoms with van der Waals surface area (Å²) in [5.41, 5.74) is -0.180. The van der Waals surface area contributed by atoms with Crippen LogP contribution in [0.15, 0.2) is 18.2 Å². The molecule has 1 aromatic carbocycles. The highest BCUT2D eigenvalue weighted by molar-refractivity contribution is 6.31. The summed E-state index contributed by atoms with van der Waals surface area (Å²) in [7, 11) is 3.59. The molecule has 0 heterocycles. The molecule has 1 rings (SSSR count). The Morgan fingerprint density at radius 3 is 2.33 bits per heavy atom. The van der Waals surface area contributed by atoms with E-state index in [-0.39, 0.29) is 5.02 Å². The zero-order chi connectivity index (χ0) is 11.6. The Morgan fingerprint density at radius 1 is 1.27 bits per heavy atom. The van der Waals surface area contributed by atoms with Crippen molar-refractivity contribution in [2.45, 2.75) is 12.7 Å². The van der Waals surface area contributed by atoms with E-state index in [2.05, 4.69) is 0 Å². The lowest BCUT2D eigenvalue weighted by Crippen LogP contribution is -2.12. The Morgan fingerprint density at radius 2 is 1.87 bits per heavy atom. The molecule has 0 aliphatic rings. The second-order valence-corrected chi connectivity index (χ2v) is 3.96. The minimum Gasteiger partial charge on any atom is -0.305 e. The molecule has 0 unspecified atom stereocenters. The van der Waals surface area contributed by atoms with Crippen LogP contribution in [-0.4, -0.2) is 19.0 Å². The molecule has 0 aromatic heterocycles. The van der Waals surface area contributed by atoms with Gasteiger partial charge in [-0.1, -0.05) is 17.7 Å². The van der Waals surface area contributed by atoms with Gasteiger partial charge in [-0.05, 0) is 31.8 Å². The highest BCUT2D eigenvalue weighted by Crippen LogP contribution is 2.35. The van der Waals surface area contributed by atoms with Crippen LogP contribution in [0.25, 0.3) is 0 Å². The Hall–Kier alpha value is -0.740. The maximum absolute atomic E-state index is 12.5. The zero-order valence-electron chi connectivity index (χ0n) is 8.40. The smallest absolute Gasteiger partial charge is 0.305 e. The second-order valence-electron chi connectivity index (χ2n) is 3.55. The van der Waals surface area contributed by atoms with Crippen LogP contribution in [0.5, 0.6) is 0 Å². The first-order valence-corrected chi connectivity index (χ1v) is 4.69.